The molecule has 26 heavy (non-hydrogen) atoms. The first-order chi connectivity index (χ1) is 12.3. The first-order valence-electron chi connectivity index (χ1n) is 7.69. The summed E-state index contributed by atoms with van der Waals surface area (Å²) in [5.74, 6) is -0.549. The van der Waals surface area contributed by atoms with Crippen molar-refractivity contribution in [3.05, 3.63) is 50.9 Å². The van der Waals surface area contributed by atoms with E-state index in [9.17, 15) is 14.7 Å². The minimum atomic E-state index is -0.468. The van der Waals surface area contributed by atoms with Gasteiger partial charge in [0, 0.05) is 23.8 Å². The number of hydrogen-bond donors (Lipinski definition) is 2. The van der Waals surface area contributed by atoms with Crippen molar-refractivity contribution in [2.24, 2.45) is 7.05 Å². The van der Waals surface area contributed by atoms with Gasteiger partial charge in [-0.1, -0.05) is 23.4 Å². The summed E-state index contributed by atoms with van der Waals surface area (Å²) in [6.45, 7) is 1.79. The third kappa shape index (κ3) is 3.86. The Hall–Kier alpha value is -2.45. The maximum Gasteiger partial charge on any atom is 0.257 e. The van der Waals surface area contributed by atoms with Gasteiger partial charge in [-0.3, -0.25) is 9.59 Å². The van der Waals surface area contributed by atoms with E-state index >= 15 is 0 Å². The van der Waals surface area contributed by atoms with E-state index in [1.807, 2.05) is 0 Å². The molecule has 0 aliphatic carbocycles. The SMILES string of the molecule is Cc1cc(=O)c(O)c(CNC(=O)CSc2nc3cc(Cl)ccc3o2)n1C. The zero-order valence-corrected chi connectivity index (χ0v) is 15.6. The Balaban J connectivity index is 1.62. The molecule has 1 amide bonds. The molecule has 136 valence electrons. The second-order valence-electron chi connectivity index (χ2n) is 5.66. The number of nitrogens with zero attached hydrogens (tertiary/aromatic N) is 2. The number of fused-ring (bicyclic) bond motifs is 1. The van der Waals surface area contributed by atoms with Crippen LogP contribution in [0.3, 0.4) is 0 Å². The monoisotopic (exact) mass is 393 g/mol. The van der Waals surface area contributed by atoms with Crippen LogP contribution in [0, 0.1) is 6.92 Å². The third-order valence-electron chi connectivity index (χ3n) is 3.89. The predicted molar refractivity (Wildman–Crippen MR) is 99.7 cm³/mol. The van der Waals surface area contributed by atoms with E-state index in [2.05, 4.69) is 10.3 Å². The van der Waals surface area contributed by atoms with E-state index in [1.165, 1.54) is 6.07 Å². The first-order valence-corrected chi connectivity index (χ1v) is 9.05. The standard InChI is InChI=1S/C17H16ClN3O4S/c1-9-5-13(22)16(24)12(21(9)2)7-19-15(23)8-26-17-20-11-6-10(18)3-4-14(11)25-17/h3-6,24H,7-8H2,1-2H3,(H,19,23). The van der Waals surface area contributed by atoms with Gasteiger partial charge in [-0.15, -0.1) is 0 Å². The number of aryl methyl sites for hydroxylation is 1. The first kappa shape index (κ1) is 18.3. The molecule has 2 aromatic heterocycles. The van der Waals surface area contributed by atoms with Crippen molar-refractivity contribution in [1.29, 1.82) is 0 Å². The molecule has 3 rings (SSSR count). The minimum Gasteiger partial charge on any atom is -0.503 e. The number of aromatic hydroxyl groups is 1. The molecule has 0 saturated heterocycles. The van der Waals surface area contributed by atoms with Crippen molar-refractivity contribution >= 4 is 40.4 Å². The molecule has 0 aliphatic heterocycles. The molecule has 0 radical (unpaired) electrons. The zero-order valence-electron chi connectivity index (χ0n) is 14.1. The number of hydrogen-bond acceptors (Lipinski definition) is 6. The lowest BCUT2D eigenvalue weighted by atomic mass is 10.2. The van der Waals surface area contributed by atoms with Gasteiger partial charge in [0.15, 0.2) is 11.3 Å². The maximum atomic E-state index is 12.1. The van der Waals surface area contributed by atoms with Crippen LogP contribution >= 0.6 is 23.4 Å². The molecule has 0 spiro atoms. The van der Waals surface area contributed by atoms with Crippen LogP contribution in [-0.4, -0.2) is 26.3 Å². The van der Waals surface area contributed by atoms with Crippen molar-refractivity contribution in [3.63, 3.8) is 0 Å². The molecule has 0 fully saturated rings. The lowest BCUT2D eigenvalue weighted by Crippen LogP contribution is -2.27. The molecule has 0 atom stereocenters. The highest BCUT2D eigenvalue weighted by Gasteiger charge is 2.13. The number of aromatic nitrogens is 2. The summed E-state index contributed by atoms with van der Waals surface area (Å²) in [5, 5.41) is 13.5. The molecule has 1 aromatic carbocycles. The number of carbonyl (C=O) groups is 1. The van der Waals surface area contributed by atoms with Crippen molar-refractivity contribution in [2.45, 2.75) is 18.7 Å². The largest absolute Gasteiger partial charge is 0.503 e. The molecule has 0 unspecified atom stereocenters. The fourth-order valence-electron chi connectivity index (χ4n) is 2.37. The summed E-state index contributed by atoms with van der Waals surface area (Å²) < 4.78 is 7.20. The molecule has 0 saturated carbocycles. The van der Waals surface area contributed by atoms with E-state index in [0.29, 0.717) is 32.7 Å². The fourth-order valence-corrected chi connectivity index (χ4v) is 3.21. The number of halogens is 1. The van der Waals surface area contributed by atoms with Crippen LogP contribution in [0.25, 0.3) is 11.1 Å². The molecular formula is C17H16ClN3O4S. The lowest BCUT2D eigenvalue weighted by molar-refractivity contribution is -0.118. The quantitative estimate of drug-likeness (QED) is 0.647. The van der Waals surface area contributed by atoms with Gasteiger partial charge in [-0.25, -0.2) is 4.98 Å². The Morgan fingerprint density at radius 1 is 1.42 bits per heavy atom. The summed E-state index contributed by atoms with van der Waals surface area (Å²) in [6.07, 6.45) is 0. The van der Waals surface area contributed by atoms with Gasteiger partial charge >= 0.3 is 0 Å². The maximum absolute atomic E-state index is 12.1. The molecule has 9 heteroatoms. The average molecular weight is 394 g/mol. The summed E-state index contributed by atoms with van der Waals surface area (Å²) in [6, 6.07) is 6.45. The number of rotatable bonds is 5. The summed E-state index contributed by atoms with van der Waals surface area (Å²) >= 11 is 7.05. The predicted octanol–water partition coefficient (Wildman–Crippen LogP) is 2.60. The zero-order chi connectivity index (χ0) is 18.8. The van der Waals surface area contributed by atoms with Crippen LogP contribution in [0.4, 0.5) is 0 Å². The molecule has 3 aromatic rings. The number of benzene rings is 1. The van der Waals surface area contributed by atoms with Crippen LogP contribution in [0.1, 0.15) is 11.4 Å². The molecule has 2 N–H and O–H groups in total. The summed E-state index contributed by atoms with van der Waals surface area (Å²) in [7, 11) is 1.72. The third-order valence-corrected chi connectivity index (χ3v) is 4.95. The van der Waals surface area contributed by atoms with Gasteiger partial charge < -0.3 is 19.4 Å². The van der Waals surface area contributed by atoms with E-state index in [4.69, 9.17) is 16.0 Å². The topological polar surface area (TPSA) is 97.4 Å². The highest BCUT2D eigenvalue weighted by molar-refractivity contribution is 7.99. The Kier molecular flexibility index (Phi) is 5.24. The Morgan fingerprint density at radius 2 is 2.19 bits per heavy atom. The van der Waals surface area contributed by atoms with Crippen molar-refractivity contribution in [2.75, 3.05) is 5.75 Å². The molecule has 0 bridgehead atoms. The minimum absolute atomic E-state index is 0.0435. The molecule has 0 aliphatic rings. The van der Waals surface area contributed by atoms with Crippen LogP contribution in [0.15, 0.2) is 38.7 Å². The number of amides is 1. The number of thioether (sulfide) groups is 1. The van der Waals surface area contributed by atoms with Gasteiger partial charge in [0.2, 0.25) is 11.3 Å². The highest BCUT2D eigenvalue weighted by atomic mass is 35.5. The summed E-state index contributed by atoms with van der Waals surface area (Å²) in [4.78, 5) is 28.0. The Bertz CT molecular complexity index is 1040. The van der Waals surface area contributed by atoms with Gasteiger partial charge in [0.25, 0.3) is 5.22 Å². The normalized spacial score (nSPS) is 11.0. The smallest absolute Gasteiger partial charge is 0.257 e. The highest BCUT2D eigenvalue weighted by Crippen LogP contribution is 2.25. The summed E-state index contributed by atoms with van der Waals surface area (Å²) in [5.41, 5.74) is 1.79. The van der Waals surface area contributed by atoms with Gasteiger partial charge in [0.1, 0.15) is 5.52 Å². The van der Waals surface area contributed by atoms with E-state index in [-0.39, 0.29) is 24.0 Å². The van der Waals surface area contributed by atoms with Gasteiger partial charge in [-0.05, 0) is 25.1 Å². The van der Waals surface area contributed by atoms with E-state index in [0.717, 1.165) is 11.8 Å². The number of nitrogens with one attached hydrogen (secondary N) is 1. The van der Waals surface area contributed by atoms with Gasteiger partial charge in [-0.2, -0.15) is 0 Å². The van der Waals surface area contributed by atoms with Crippen molar-refractivity contribution in [3.8, 4) is 5.75 Å². The number of oxazole rings is 1. The Morgan fingerprint density at radius 3 is 2.96 bits per heavy atom. The van der Waals surface area contributed by atoms with Crippen molar-refractivity contribution in [1.82, 2.24) is 14.9 Å². The lowest BCUT2D eigenvalue weighted by Gasteiger charge is -2.14. The molecule has 7 nitrogen and oxygen atoms in total. The second kappa shape index (κ2) is 7.43. The fraction of sp³-hybridized carbons (Fsp3) is 0.235. The van der Waals surface area contributed by atoms with Crippen molar-refractivity contribution < 1.29 is 14.3 Å². The number of carbonyl (C=O) groups excluding carboxylic acids is 1. The van der Waals surface area contributed by atoms with Crippen LogP contribution in [-0.2, 0) is 18.4 Å². The Labute approximate surface area is 158 Å². The van der Waals surface area contributed by atoms with E-state index in [1.54, 1.807) is 36.7 Å². The van der Waals surface area contributed by atoms with Crippen LogP contribution in [0.5, 0.6) is 5.75 Å². The van der Waals surface area contributed by atoms with Crippen LogP contribution in [0.2, 0.25) is 5.02 Å². The second-order valence-corrected chi connectivity index (χ2v) is 7.02. The van der Waals surface area contributed by atoms with E-state index < -0.39 is 5.43 Å². The van der Waals surface area contributed by atoms with Crippen LogP contribution < -0.4 is 10.7 Å². The van der Waals surface area contributed by atoms with Gasteiger partial charge in [0.05, 0.1) is 18.0 Å². The molecule has 2 heterocycles. The molecular weight excluding hydrogens is 378 g/mol. The number of pyridine rings is 1. The average Bonchev–Trinajstić information content (AvgIpc) is 3.00.